The number of nitrogens with zero attached hydrogens (tertiary/aromatic N) is 10. The van der Waals surface area contributed by atoms with Gasteiger partial charge in [-0.1, -0.05) is 18.2 Å². The standard InChI is InChI=1S/C27H37FN7O7P.C15H21FN6O3.CH3.Pd/c1-15(2)40-25(37)16(3)33-43(38,42-18-9-7-6-8-10-18)39-13-27(4)21(36)19(28)24(41-27)35-14-30-20-22(34(5)17-11-12-17)31-26(29)32-23(20)35;1-15(5-23)10(24)8(16)13(25-15)22-6-18-9-11(21(2)7-3-4-7)19-14(17)20-12(9)22;;/h6-10,14-17,19,21,24,36H,11-13H2,1-5H3,(H,33,38)(H2,29,31,32);6-8,10,13,23-24H,3-5H2,1-2H3,(H2,17,19,20);1H3;/q;;-1;/t16-,19+,21-,24+,27+,43-;8-,10+,13-,15-;;/m01../s1. The van der Waals surface area contributed by atoms with Crippen molar-refractivity contribution < 1.29 is 77.1 Å². The fraction of sp³-hybridized carbons (Fsp3) is 0.581. The predicted molar refractivity (Wildman–Crippen MR) is 249 cm³/mol. The minimum atomic E-state index is -4.31. The van der Waals surface area contributed by atoms with Gasteiger partial charge in [0, 0.05) is 46.6 Å². The average Bonchev–Trinajstić information content (AvgIpc) is 4.23. The largest absolute Gasteiger partial charge is 0.462 e. The Bertz CT molecular complexity index is 2670. The van der Waals surface area contributed by atoms with Crippen LogP contribution in [0.25, 0.3) is 22.3 Å². The van der Waals surface area contributed by atoms with E-state index in [4.69, 9.17) is 34.7 Å². The maximum absolute atomic E-state index is 15.7. The summed E-state index contributed by atoms with van der Waals surface area (Å²) >= 11 is 0. The fourth-order valence-electron chi connectivity index (χ4n) is 7.99. The van der Waals surface area contributed by atoms with Crippen LogP contribution in [0.15, 0.2) is 43.0 Å². The summed E-state index contributed by atoms with van der Waals surface area (Å²) in [7, 11) is -0.515. The van der Waals surface area contributed by atoms with Crippen LogP contribution in [0, 0.1) is 7.43 Å². The van der Waals surface area contributed by atoms with Crippen LogP contribution < -0.4 is 30.9 Å². The molecule has 2 aliphatic carbocycles. The molecule has 5 aromatic rings. The van der Waals surface area contributed by atoms with Crippen LogP contribution in [-0.2, 0) is 48.5 Å². The van der Waals surface area contributed by atoms with E-state index in [1.807, 2.05) is 23.9 Å². The number of rotatable bonds is 16. The molecule has 23 nitrogen and oxygen atoms in total. The van der Waals surface area contributed by atoms with Gasteiger partial charge >= 0.3 is 13.7 Å². The number of carbonyl (C=O) groups excluding carboxylic acids is 1. The number of esters is 1. The number of alkyl halides is 2. The van der Waals surface area contributed by atoms with Crippen molar-refractivity contribution in [3.63, 3.8) is 0 Å². The van der Waals surface area contributed by atoms with Gasteiger partial charge in [0.25, 0.3) is 0 Å². The molecule has 4 aliphatic rings. The molecule has 27 heteroatoms. The maximum Gasteiger partial charge on any atom is 0.459 e. The Hall–Kier alpha value is -4.74. The predicted octanol–water partition coefficient (Wildman–Crippen LogP) is 3.56. The number of hydrogen-bond donors (Lipinski definition) is 6. The van der Waals surface area contributed by atoms with Crippen LogP contribution in [0.4, 0.5) is 32.3 Å². The molecule has 0 unspecified atom stereocenters. The van der Waals surface area contributed by atoms with Crippen molar-refractivity contribution in [3.8, 4) is 5.75 Å². The van der Waals surface area contributed by atoms with E-state index in [9.17, 15) is 29.1 Å². The second-order valence-corrected chi connectivity index (χ2v) is 19.9. The van der Waals surface area contributed by atoms with Gasteiger partial charge in [0.05, 0.1) is 32.0 Å². The number of nitrogen functional groups attached to an aromatic ring is 2. The normalized spacial score (nSPS) is 27.5. The number of aliphatic hydroxyl groups is 3. The minimum absolute atomic E-state index is 0. The molecule has 9 rings (SSSR count). The van der Waals surface area contributed by atoms with Gasteiger partial charge in [0.15, 0.2) is 58.8 Å². The van der Waals surface area contributed by atoms with Crippen molar-refractivity contribution in [2.24, 2.45) is 0 Å². The van der Waals surface area contributed by atoms with Crippen LogP contribution in [0.1, 0.15) is 72.8 Å². The number of anilines is 4. The number of carbonyl (C=O) groups is 1. The molecule has 2 saturated heterocycles. The molecule has 2 saturated carbocycles. The number of nitrogens with two attached hydrogens (primary N) is 2. The summed E-state index contributed by atoms with van der Waals surface area (Å²) in [5.41, 5.74) is 10.2. The third-order valence-corrected chi connectivity index (χ3v) is 13.9. The molecule has 2 aliphatic heterocycles. The molecule has 0 radical (unpaired) electrons. The molecule has 10 atom stereocenters. The van der Waals surface area contributed by atoms with E-state index in [0.29, 0.717) is 40.4 Å². The Labute approximate surface area is 416 Å². The molecule has 4 aromatic heterocycles. The second kappa shape index (κ2) is 21.2. The van der Waals surface area contributed by atoms with Gasteiger partial charge in [-0.3, -0.25) is 18.5 Å². The number of fused-ring (bicyclic) bond motifs is 2. The van der Waals surface area contributed by atoms with Crippen molar-refractivity contribution in [1.82, 2.24) is 44.1 Å². The van der Waals surface area contributed by atoms with Gasteiger partial charge in [0.1, 0.15) is 35.2 Å². The first kappa shape index (κ1) is 54.6. The van der Waals surface area contributed by atoms with E-state index in [1.54, 1.807) is 44.2 Å². The third kappa shape index (κ3) is 11.0. The van der Waals surface area contributed by atoms with Crippen LogP contribution in [0.2, 0.25) is 0 Å². The molecular weight excluding hydrogens is 1030 g/mol. The number of imidazole rings is 2. The zero-order valence-corrected chi connectivity index (χ0v) is 42.4. The van der Waals surface area contributed by atoms with Crippen LogP contribution in [0.3, 0.4) is 0 Å². The molecular formula is C43H61F2N13O10PPd-. The van der Waals surface area contributed by atoms with Crippen molar-refractivity contribution in [3.05, 3.63) is 50.4 Å². The molecule has 0 bridgehead atoms. The van der Waals surface area contributed by atoms with Crippen LogP contribution in [0.5, 0.6) is 5.75 Å². The molecule has 8 N–H and O–H groups in total. The summed E-state index contributed by atoms with van der Waals surface area (Å²) < 4.78 is 75.2. The number of nitrogens with one attached hydrogen (secondary N) is 1. The zero-order valence-electron chi connectivity index (χ0n) is 39.9. The first-order chi connectivity index (χ1) is 32.2. The summed E-state index contributed by atoms with van der Waals surface area (Å²) in [4.78, 5) is 42.2. The number of aliphatic hydroxyl groups excluding tert-OH is 3. The molecule has 6 heterocycles. The number of aromatic nitrogens is 8. The van der Waals surface area contributed by atoms with Crippen LogP contribution in [-0.4, -0.2) is 148 Å². The van der Waals surface area contributed by atoms with E-state index in [-0.39, 0.29) is 51.1 Å². The smallest absolute Gasteiger partial charge is 0.459 e. The molecule has 70 heavy (non-hydrogen) atoms. The Morgan fingerprint density at radius 2 is 1.31 bits per heavy atom. The topological polar surface area (TPSA) is 299 Å². The van der Waals surface area contributed by atoms with Gasteiger partial charge in [-0.05, 0) is 72.4 Å². The summed E-state index contributed by atoms with van der Waals surface area (Å²) in [5.74, 6) is 0.642. The molecule has 4 fully saturated rings. The number of halogens is 2. The number of hydrogen-bond acceptors (Lipinski definition) is 20. The van der Waals surface area contributed by atoms with Crippen molar-refractivity contribution in [1.29, 1.82) is 0 Å². The van der Waals surface area contributed by atoms with Gasteiger partial charge < -0.3 is 62.7 Å². The summed E-state index contributed by atoms with van der Waals surface area (Å²) in [6.07, 6.45) is -2.89. The molecule has 388 valence electrons. The maximum atomic E-state index is 15.7. The first-order valence-electron chi connectivity index (χ1n) is 22.2. The Morgan fingerprint density at radius 3 is 1.74 bits per heavy atom. The zero-order chi connectivity index (χ0) is 49.0. The van der Waals surface area contributed by atoms with E-state index in [1.165, 1.54) is 42.6 Å². The van der Waals surface area contributed by atoms with E-state index < -0.39 is 87.3 Å². The van der Waals surface area contributed by atoms with E-state index in [0.717, 1.165) is 25.7 Å². The Kier molecular flexibility index (Phi) is 16.5. The van der Waals surface area contributed by atoms with Gasteiger partial charge in [-0.15, -0.1) is 0 Å². The van der Waals surface area contributed by atoms with E-state index >= 15 is 4.39 Å². The van der Waals surface area contributed by atoms with Gasteiger partial charge in [-0.2, -0.15) is 25.0 Å². The summed E-state index contributed by atoms with van der Waals surface area (Å²) in [6, 6.07) is 7.78. The van der Waals surface area contributed by atoms with Crippen molar-refractivity contribution in [2.75, 3.05) is 48.6 Å². The molecule has 0 amide bonds. The summed E-state index contributed by atoms with van der Waals surface area (Å²) in [5, 5.41) is 33.1. The SMILES string of the molecule is CC(C)OC(=O)[C@H](C)N[P@](=O)(OC[C@@]1(C)O[C@@H](n2cnc3c(N(C)C4CC4)nc(N)nc32)[C@H](F)[C@@H]1O)Oc1ccccc1.CN(c1nc(N)nc2c1ncn2[C@@H]1O[C@](C)(CO)[C@@H](O)[C@H]1F)C1CC1.[CH3-].[Pd]. The molecule has 1 aromatic carbocycles. The quantitative estimate of drug-likeness (QED) is 0.0356. The summed E-state index contributed by atoms with van der Waals surface area (Å²) in [6.45, 7) is 6.60. The number of benzene rings is 1. The van der Waals surface area contributed by atoms with E-state index in [2.05, 4.69) is 35.0 Å². The fourth-order valence-corrected chi connectivity index (χ4v) is 9.58. The third-order valence-electron chi connectivity index (χ3n) is 12.3. The van der Waals surface area contributed by atoms with Crippen molar-refractivity contribution in [2.45, 2.75) is 133 Å². The first-order valence-corrected chi connectivity index (χ1v) is 23.7. The average molecular weight is 1100 g/mol. The number of ether oxygens (including phenoxy) is 3. The monoisotopic (exact) mass is 1090 g/mol. The van der Waals surface area contributed by atoms with Gasteiger partial charge in [0.2, 0.25) is 11.9 Å². The number of para-hydroxylation sites is 1. The minimum Gasteiger partial charge on any atom is -0.462 e. The van der Waals surface area contributed by atoms with Gasteiger partial charge in [-0.25, -0.2) is 23.3 Å². The second-order valence-electron chi connectivity index (χ2n) is 18.2. The van der Waals surface area contributed by atoms with Crippen LogP contribution >= 0.6 is 7.75 Å². The van der Waals surface area contributed by atoms with Crippen molar-refractivity contribution >= 4 is 59.6 Å². The Balaban J connectivity index is 0.000000253. The molecule has 0 spiro atoms. The Morgan fingerprint density at radius 1 is 0.857 bits per heavy atom.